The first-order chi connectivity index (χ1) is 6.20. The molecule has 74 valence electrons. The Labute approximate surface area is 76.4 Å². The van der Waals surface area contributed by atoms with Crippen LogP contribution in [0.15, 0.2) is 0 Å². The number of hydrogen-bond donors (Lipinski definition) is 1. The summed E-state index contributed by atoms with van der Waals surface area (Å²) < 4.78 is 9.12. The van der Waals surface area contributed by atoms with Gasteiger partial charge in [-0.1, -0.05) is 0 Å². The second kappa shape index (κ2) is 4.23. The van der Waals surface area contributed by atoms with Crippen LogP contribution in [0.3, 0.4) is 0 Å². The van der Waals surface area contributed by atoms with Gasteiger partial charge in [-0.25, -0.2) is 0 Å². The van der Waals surface area contributed by atoms with Crippen molar-refractivity contribution < 1.29 is 19.1 Å². The van der Waals surface area contributed by atoms with E-state index in [2.05, 4.69) is 14.8 Å². The molecule has 1 fully saturated rings. The van der Waals surface area contributed by atoms with Gasteiger partial charge in [-0.15, -0.1) is 0 Å². The maximum atomic E-state index is 11.2. The minimum Gasteiger partial charge on any atom is -0.469 e. The van der Waals surface area contributed by atoms with E-state index < -0.39 is 17.9 Å². The van der Waals surface area contributed by atoms with E-state index in [0.717, 1.165) is 0 Å². The van der Waals surface area contributed by atoms with Crippen LogP contribution >= 0.6 is 0 Å². The summed E-state index contributed by atoms with van der Waals surface area (Å²) in [6.45, 7) is 0.638. The van der Waals surface area contributed by atoms with Gasteiger partial charge in [-0.05, 0) is 13.0 Å². The maximum Gasteiger partial charge on any atom is 0.323 e. The number of methoxy groups -OCH3 is 2. The predicted molar refractivity (Wildman–Crippen MR) is 43.9 cm³/mol. The highest BCUT2D eigenvalue weighted by Gasteiger charge is 2.38. The lowest BCUT2D eigenvalue weighted by Crippen LogP contribution is -2.39. The molecule has 13 heavy (non-hydrogen) atoms. The van der Waals surface area contributed by atoms with E-state index in [1.165, 1.54) is 14.2 Å². The van der Waals surface area contributed by atoms with Crippen LogP contribution in [0.5, 0.6) is 0 Å². The van der Waals surface area contributed by atoms with E-state index in [1.807, 2.05) is 0 Å². The summed E-state index contributed by atoms with van der Waals surface area (Å²) in [5.41, 5.74) is 0. The van der Waals surface area contributed by atoms with Crippen molar-refractivity contribution in [3.05, 3.63) is 0 Å². The standard InChI is InChI=1S/C8H13NO4/c1-12-7(10)5-3-4-9-6(5)8(11)13-2/h5-6,9H,3-4H2,1-2H3/t5-,6-/m0/s1. The number of carbonyl (C=O) groups is 2. The molecule has 1 N–H and O–H groups in total. The second-order valence-electron chi connectivity index (χ2n) is 2.87. The minimum atomic E-state index is -0.544. The van der Waals surface area contributed by atoms with Gasteiger partial charge < -0.3 is 14.8 Å². The quantitative estimate of drug-likeness (QED) is 0.580. The summed E-state index contributed by atoms with van der Waals surface area (Å²) in [6, 6.07) is -0.544. The average Bonchev–Trinajstić information content (AvgIpc) is 2.63. The molecule has 0 radical (unpaired) electrons. The van der Waals surface area contributed by atoms with Crippen molar-refractivity contribution in [3.8, 4) is 0 Å². The maximum absolute atomic E-state index is 11.2. The highest BCUT2D eigenvalue weighted by Crippen LogP contribution is 2.17. The summed E-state index contributed by atoms with van der Waals surface area (Å²) in [5.74, 6) is -1.18. The fraction of sp³-hybridized carbons (Fsp3) is 0.750. The van der Waals surface area contributed by atoms with Crippen LogP contribution in [0.4, 0.5) is 0 Å². The third-order valence-electron chi connectivity index (χ3n) is 2.18. The molecule has 0 unspecified atom stereocenters. The molecule has 2 atom stereocenters. The topological polar surface area (TPSA) is 64.6 Å². The van der Waals surface area contributed by atoms with Crippen LogP contribution in [-0.2, 0) is 19.1 Å². The van der Waals surface area contributed by atoms with Gasteiger partial charge >= 0.3 is 11.9 Å². The Bertz CT molecular complexity index is 194. The van der Waals surface area contributed by atoms with Gasteiger partial charge in [0.05, 0.1) is 20.1 Å². The molecule has 0 spiro atoms. The fourth-order valence-electron chi connectivity index (χ4n) is 1.48. The first kappa shape index (κ1) is 9.98. The number of nitrogens with one attached hydrogen (secondary N) is 1. The smallest absolute Gasteiger partial charge is 0.323 e. The molecular weight excluding hydrogens is 174 g/mol. The summed E-state index contributed by atoms with van der Waals surface area (Å²) in [6.07, 6.45) is 0.618. The molecule has 1 rings (SSSR count). The molecule has 0 saturated carbocycles. The van der Waals surface area contributed by atoms with E-state index in [-0.39, 0.29) is 5.97 Å². The van der Waals surface area contributed by atoms with Crippen LogP contribution in [0.25, 0.3) is 0 Å². The van der Waals surface area contributed by atoms with Crippen LogP contribution in [-0.4, -0.2) is 38.7 Å². The van der Waals surface area contributed by atoms with Crippen LogP contribution in [0.2, 0.25) is 0 Å². The van der Waals surface area contributed by atoms with Gasteiger partial charge in [0.25, 0.3) is 0 Å². The van der Waals surface area contributed by atoms with E-state index in [0.29, 0.717) is 13.0 Å². The van der Waals surface area contributed by atoms with Gasteiger partial charge in [0.2, 0.25) is 0 Å². The van der Waals surface area contributed by atoms with Crippen LogP contribution in [0, 0.1) is 5.92 Å². The van der Waals surface area contributed by atoms with Gasteiger partial charge in [0.15, 0.2) is 0 Å². The molecule has 0 aromatic rings. The first-order valence-corrected chi connectivity index (χ1v) is 4.09. The Kier molecular flexibility index (Phi) is 3.25. The molecule has 5 heteroatoms. The van der Waals surface area contributed by atoms with Gasteiger partial charge in [-0.2, -0.15) is 0 Å². The van der Waals surface area contributed by atoms with Crippen LogP contribution < -0.4 is 5.32 Å². The Morgan fingerprint density at radius 2 is 1.85 bits per heavy atom. The molecule has 0 aliphatic carbocycles. The Morgan fingerprint density at radius 1 is 1.23 bits per heavy atom. The Morgan fingerprint density at radius 3 is 2.38 bits per heavy atom. The molecule has 1 aliphatic rings. The summed E-state index contributed by atoms with van der Waals surface area (Å²) in [5, 5.41) is 2.90. The van der Waals surface area contributed by atoms with Gasteiger partial charge in [0, 0.05) is 0 Å². The zero-order valence-electron chi connectivity index (χ0n) is 7.70. The number of ether oxygens (including phenoxy) is 2. The fourth-order valence-corrected chi connectivity index (χ4v) is 1.48. The number of rotatable bonds is 2. The number of carbonyl (C=O) groups excluding carboxylic acids is 2. The Balaban J connectivity index is 2.63. The van der Waals surface area contributed by atoms with Gasteiger partial charge in [0.1, 0.15) is 6.04 Å². The minimum absolute atomic E-state index is 0.361. The summed E-state index contributed by atoms with van der Waals surface area (Å²) >= 11 is 0. The SMILES string of the molecule is COC(=O)[C@H]1CCN[C@@H]1C(=O)OC. The van der Waals surface area contributed by atoms with Crippen molar-refractivity contribution >= 4 is 11.9 Å². The van der Waals surface area contributed by atoms with Crippen molar-refractivity contribution in [3.63, 3.8) is 0 Å². The molecule has 0 aromatic carbocycles. The third-order valence-corrected chi connectivity index (χ3v) is 2.18. The average molecular weight is 187 g/mol. The third kappa shape index (κ3) is 1.98. The van der Waals surface area contributed by atoms with Gasteiger partial charge in [-0.3, -0.25) is 9.59 Å². The van der Waals surface area contributed by atoms with E-state index in [1.54, 1.807) is 0 Å². The highest BCUT2D eigenvalue weighted by molar-refractivity contribution is 5.85. The van der Waals surface area contributed by atoms with Crippen molar-refractivity contribution in [2.75, 3.05) is 20.8 Å². The highest BCUT2D eigenvalue weighted by atomic mass is 16.5. The largest absolute Gasteiger partial charge is 0.469 e. The normalized spacial score (nSPS) is 26.9. The lowest BCUT2D eigenvalue weighted by Gasteiger charge is -2.14. The van der Waals surface area contributed by atoms with Crippen molar-refractivity contribution in [2.24, 2.45) is 5.92 Å². The van der Waals surface area contributed by atoms with Crippen molar-refractivity contribution in [1.82, 2.24) is 5.32 Å². The monoisotopic (exact) mass is 187 g/mol. The molecule has 5 nitrogen and oxygen atoms in total. The first-order valence-electron chi connectivity index (χ1n) is 4.09. The van der Waals surface area contributed by atoms with E-state index in [4.69, 9.17) is 0 Å². The zero-order valence-corrected chi connectivity index (χ0v) is 7.70. The lowest BCUT2D eigenvalue weighted by atomic mass is 10.0. The molecule has 1 heterocycles. The molecule has 0 aromatic heterocycles. The lowest BCUT2D eigenvalue weighted by molar-refractivity contribution is -0.153. The van der Waals surface area contributed by atoms with Crippen molar-refractivity contribution in [2.45, 2.75) is 12.5 Å². The predicted octanol–water partition coefficient (Wildman–Crippen LogP) is -0.690. The number of esters is 2. The van der Waals surface area contributed by atoms with E-state index >= 15 is 0 Å². The van der Waals surface area contributed by atoms with Crippen molar-refractivity contribution in [1.29, 1.82) is 0 Å². The number of hydrogen-bond acceptors (Lipinski definition) is 5. The molecule has 0 amide bonds. The zero-order chi connectivity index (χ0) is 9.84. The van der Waals surface area contributed by atoms with Crippen LogP contribution in [0.1, 0.15) is 6.42 Å². The molecule has 1 saturated heterocycles. The Hall–Kier alpha value is -1.10. The summed E-state index contributed by atoms with van der Waals surface area (Å²) in [4.78, 5) is 22.3. The summed E-state index contributed by atoms with van der Waals surface area (Å²) in [7, 11) is 2.62. The van der Waals surface area contributed by atoms with E-state index in [9.17, 15) is 9.59 Å². The second-order valence-corrected chi connectivity index (χ2v) is 2.87. The molecule has 0 bridgehead atoms. The molecule has 1 aliphatic heterocycles. The molecular formula is C8H13NO4.